The largest absolute Gasteiger partial charge is 0.467 e. The highest BCUT2D eigenvalue weighted by Crippen LogP contribution is 2.13. The van der Waals surface area contributed by atoms with Crippen LogP contribution in [0.25, 0.3) is 0 Å². The van der Waals surface area contributed by atoms with Crippen molar-refractivity contribution in [1.82, 2.24) is 9.97 Å². The third-order valence-corrected chi connectivity index (χ3v) is 1.63. The molecular formula is C8H10N2O4. The molecule has 0 aliphatic heterocycles. The van der Waals surface area contributed by atoms with Crippen molar-refractivity contribution in [2.45, 2.75) is 12.2 Å². The van der Waals surface area contributed by atoms with Crippen LogP contribution in [0.2, 0.25) is 0 Å². The van der Waals surface area contributed by atoms with Crippen LogP contribution in [0.3, 0.4) is 0 Å². The maximum Gasteiger partial charge on any atom is 0.337 e. The predicted octanol–water partition coefficient (Wildman–Crippen LogP) is -0.956. The van der Waals surface area contributed by atoms with Crippen molar-refractivity contribution in [3.63, 3.8) is 0 Å². The van der Waals surface area contributed by atoms with Crippen molar-refractivity contribution < 1.29 is 19.7 Å². The molecule has 2 atom stereocenters. The van der Waals surface area contributed by atoms with Crippen molar-refractivity contribution in [1.29, 1.82) is 0 Å². The second kappa shape index (κ2) is 4.64. The van der Waals surface area contributed by atoms with Crippen molar-refractivity contribution >= 4 is 5.97 Å². The Hall–Kier alpha value is -1.53. The van der Waals surface area contributed by atoms with E-state index in [1.54, 1.807) is 0 Å². The highest BCUT2D eigenvalue weighted by atomic mass is 16.5. The van der Waals surface area contributed by atoms with Crippen LogP contribution < -0.4 is 0 Å². The second-order valence-corrected chi connectivity index (χ2v) is 2.54. The van der Waals surface area contributed by atoms with Gasteiger partial charge in [-0.2, -0.15) is 0 Å². The first-order valence-electron chi connectivity index (χ1n) is 3.86. The number of aliphatic hydroxyl groups is 2. The fraction of sp³-hybridized carbons (Fsp3) is 0.375. The molecule has 6 nitrogen and oxygen atoms in total. The number of rotatable bonds is 3. The molecule has 0 saturated carbocycles. The van der Waals surface area contributed by atoms with Gasteiger partial charge in [-0.1, -0.05) is 0 Å². The van der Waals surface area contributed by atoms with Gasteiger partial charge >= 0.3 is 5.97 Å². The Balaban J connectivity index is 2.75. The topological polar surface area (TPSA) is 92.5 Å². The summed E-state index contributed by atoms with van der Waals surface area (Å²) in [4.78, 5) is 18.3. The van der Waals surface area contributed by atoms with E-state index >= 15 is 0 Å². The average molecular weight is 198 g/mol. The van der Waals surface area contributed by atoms with Crippen LogP contribution in [0.5, 0.6) is 0 Å². The highest BCUT2D eigenvalue weighted by Gasteiger charge is 2.27. The molecule has 0 bridgehead atoms. The number of methoxy groups -OCH3 is 1. The predicted molar refractivity (Wildman–Crippen MR) is 45.0 cm³/mol. The van der Waals surface area contributed by atoms with Gasteiger partial charge < -0.3 is 14.9 Å². The van der Waals surface area contributed by atoms with Crippen LogP contribution in [0.1, 0.15) is 11.8 Å². The van der Waals surface area contributed by atoms with Gasteiger partial charge in [-0.15, -0.1) is 0 Å². The lowest BCUT2D eigenvalue weighted by Crippen LogP contribution is -2.29. The van der Waals surface area contributed by atoms with Gasteiger partial charge in [-0.3, -0.25) is 9.97 Å². The number of carbonyl (C=O) groups excluding carboxylic acids is 1. The van der Waals surface area contributed by atoms with Gasteiger partial charge in [0.1, 0.15) is 6.10 Å². The average Bonchev–Trinajstić information content (AvgIpc) is 2.27. The summed E-state index contributed by atoms with van der Waals surface area (Å²) < 4.78 is 4.26. The van der Waals surface area contributed by atoms with Crippen LogP contribution in [0.15, 0.2) is 18.6 Å². The molecule has 0 spiro atoms. The molecule has 0 aromatic carbocycles. The third-order valence-electron chi connectivity index (χ3n) is 1.63. The SMILES string of the molecule is COC(=O)C(O)C(O)c1cnccn1. The minimum Gasteiger partial charge on any atom is -0.467 e. The number of esters is 1. The zero-order chi connectivity index (χ0) is 10.6. The first-order valence-corrected chi connectivity index (χ1v) is 3.86. The lowest BCUT2D eigenvalue weighted by atomic mass is 10.1. The van der Waals surface area contributed by atoms with Crippen molar-refractivity contribution in [3.05, 3.63) is 24.3 Å². The fourth-order valence-electron chi connectivity index (χ4n) is 0.875. The molecule has 76 valence electrons. The number of aromatic nitrogens is 2. The van der Waals surface area contributed by atoms with E-state index < -0.39 is 18.2 Å². The number of hydrogen-bond donors (Lipinski definition) is 2. The first kappa shape index (κ1) is 10.6. The molecule has 1 aromatic rings. The van der Waals surface area contributed by atoms with Crippen LogP contribution in [-0.2, 0) is 9.53 Å². The van der Waals surface area contributed by atoms with Crippen molar-refractivity contribution in [3.8, 4) is 0 Å². The van der Waals surface area contributed by atoms with Crippen molar-refractivity contribution in [2.75, 3.05) is 7.11 Å². The Morgan fingerprint density at radius 2 is 2.21 bits per heavy atom. The monoisotopic (exact) mass is 198 g/mol. The zero-order valence-electron chi connectivity index (χ0n) is 7.49. The summed E-state index contributed by atoms with van der Waals surface area (Å²) in [6.45, 7) is 0. The highest BCUT2D eigenvalue weighted by molar-refractivity contribution is 5.75. The number of hydrogen-bond acceptors (Lipinski definition) is 6. The van der Waals surface area contributed by atoms with E-state index in [0.717, 1.165) is 7.11 Å². The van der Waals surface area contributed by atoms with E-state index in [1.807, 2.05) is 0 Å². The molecule has 0 amide bonds. The standard InChI is InChI=1S/C8H10N2O4/c1-14-8(13)7(12)6(11)5-4-9-2-3-10-5/h2-4,6-7,11-12H,1H3. The molecular weight excluding hydrogens is 188 g/mol. The van der Waals surface area contributed by atoms with Gasteiger partial charge in [-0.05, 0) is 0 Å². The lowest BCUT2D eigenvalue weighted by Gasteiger charge is -2.14. The fourth-order valence-corrected chi connectivity index (χ4v) is 0.875. The first-order chi connectivity index (χ1) is 6.66. The van der Waals surface area contributed by atoms with Gasteiger partial charge in [0, 0.05) is 12.4 Å². The number of aliphatic hydroxyl groups excluding tert-OH is 2. The van der Waals surface area contributed by atoms with Gasteiger partial charge in [0.05, 0.1) is 19.0 Å². The Kier molecular flexibility index (Phi) is 3.49. The van der Waals surface area contributed by atoms with Crippen LogP contribution in [-0.4, -0.2) is 39.4 Å². The van der Waals surface area contributed by atoms with Crippen LogP contribution in [0, 0.1) is 0 Å². The normalized spacial score (nSPS) is 14.5. The smallest absolute Gasteiger partial charge is 0.337 e. The molecule has 0 radical (unpaired) electrons. The maximum atomic E-state index is 10.8. The third kappa shape index (κ3) is 2.24. The molecule has 0 fully saturated rings. The molecule has 6 heteroatoms. The van der Waals surface area contributed by atoms with Crippen molar-refractivity contribution in [2.24, 2.45) is 0 Å². The lowest BCUT2D eigenvalue weighted by molar-refractivity contribution is -0.157. The quantitative estimate of drug-likeness (QED) is 0.608. The molecule has 2 unspecified atom stereocenters. The Labute approximate surface area is 80.2 Å². The summed E-state index contributed by atoms with van der Waals surface area (Å²) in [5.74, 6) is -0.914. The molecule has 0 aliphatic carbocycles. The van der Waals surface area contributed by atoms with Gasteiger partial charge in [0.15, 0.2) is 6.10 Å². The van der Waals surface area contributed by atoms with E-state index in [4.69, 9.17) is 0 Å². The Morgan fingerprint density at radius 1 is 1.50 bits per heavy atom. The van der Waals surface area contributed by atoms with Gasteiger partial charge in [0.2, 0.25) is 0 Å². The Morgan fingerprint density at radius 3 is 2.71 bits per heavy atom. The molecule has 2 N–H and O–H groups in total. The van der Waals surface area contributed by atoms with Crippen LogP contribution >= 0.6 is 0 Å². The van der Waals surface area contributed by atoms with E-state index in [2.05, 4.69) is 14.7 Å². The number of carbonyl (C=O) groups is 1. The molecule has 14 heavy (non-hydrogen) atoms. The van der Waals surface area contributed by atoms with E-state index in [1.165, 1.54) is 18.6 Å². The molecule has 1 heterocycles. The summed E-state index contributed by atoms with van der Waals surface area (Å²) in [6, 6.07) is 0. The molecule has 1 aromatic heterocycles. The minimum atomic E-state index is -1.64. The Bertz CT molecular complexity index is 303. The summed E-state index contributed by atoms with van der Waals surface area (Å²) in [5, 5.41) is 18.7. The summed E-state index contributed by atoms with van der Waals surface area (Å²) in [6.07, 6.45) is 0.966. The molecule has 0 aliphatic rings. The van der Waals surface area contributed by atoms with Crippen LogP contribution in [0.4, 0.5) is 0 Å². The summed E-state index contributed by atoms with van der Waals surface area (Å²) in [7, 11) is 1.12. The summed E-state index contributed by atoms with van der Waals surface area (Å²) >= 11 is 0. The summed E-state index contributed by atoms with van der Waals surface area (Å²) in [5.41, 5.74) is 0.116. The number of ether oxygens (including phenoxy) is 1. The van der Waals surface area contributed by atoms with Gasteiger partial charge in [-0.25, -0.2) is 4.79 Å². The molecule has 0 saturated heterocycles. The van der Waals surface area contributed by atoms with E-state index in [9.17, 15) is 15.0 Å². The molecule has 1 rings (SSSR count). The maximum absolute atomic E-state index is 10.8. The minimum absolute atomic E-state index is 0.116. The van der Waals surface area contributed by atoms with E-state index in [0.29, 0.717) is 0 Å². The van der Waals surface area contributed by atoms with Gasteiger partial charge in [0.25, 0.3) is 0 Å². The van der Waals surface area contributed by atoms with E-state index in [-0.39, 0.29) is 5.69 Å². The zero-order valence-corrected chi connectivity index (χ0v) is 7.49. The number of nitrogens with zero attached hydrogens (tertiary/aromatic N) is 2. The second-order valence-electron chi connectivity index (χ2n) is 2.54.